The molecule has 19 heavy (non-hydrogen) atoms. The fourth-order valence-corrected chi connectivity index (χ4v) is 2.30. The first-order valence-corrected chi connectivity index (χ1v) is 6.55. The number of amides is 1. The van der Waals surface area contributed by atoms with Crippen LogP contribution in [0.25, 0.3) is 0 Å². The van der Waals surface area contributed by atoms with Crippen LogP contribution in [0.2, 0.25) is 0 Å². The van der Waals surface area contributed by atoms with Gasteiger partial charge in [-0.1, -0.05) is 0 Å². The zero-order valence-corrected chi connectivity index (χ0v) is 11.4. The molecule has 1 fully saturated rings. The monoisotopic (exact) mass is 261 g/mol. The zero-order chi connectivity index (χ0) is 13.8. The summed E-state index contributed by atoms with van der Waals surface area (Å²) in [5.74, 6) is 0.0907. The quantitative estimate of drug-likeness (QED) is 0.795. The highest BCUT2D eigenvalue weighted by Crippen LogP contribution is 2.12. The molecule has 6 nitrogen and oxygen atoms in total. The molecular weight excluding hydrogens is 242 g/mol. The standard InChI is InChI=1S/C13H19N5O/c1-11(10-14)16-6-8-17(9-7-16)13(19)12(2)18-5-3-4-15-18/h3-5,11-12H,6-9H2,1-2H3. The normalized spacial score (nSPS) is 19.7. The second-order valence-electron chi connectivity index (χ2n) is 4.83. The molecule has 2 rings (SSSR count). The van der Waals surface area contributed by atoms with Crippen molar-refractivity contribution in [3.8, 4) is 6.07 Å². The minimum atomic E-state index is -0.269. The van der Waals surface area contributed by atoms with Crippen LogP contribution in [0.4, 0.5) is 0 Å². The minimum absolute atomic E-state index is 0.0826. The first-order valence-electron chi connectivity index (χ1n) is 6.55. The molecule has 0 N–H and O–H groups in total. The summed E-state index contributed by atoms with van der Waals surface area (Å²) in [5, 5.41) is 13.0. The minimum Gasteiger partial charge on any atom is -0.338 e. The SMILES string of the molecule is CC(C#N)N1CCN(C(=O)C(C)n2cccn2)CC1. The van der Waals surface area contributed by atoms with Gasteiger partial charge in [-0.25, -0.2) is 0 Å². The molecule has 2 unspecified atom stereocenters. The van der Waals surface area contributed by atoms with E-state index in [1.165, 1.54) is 0 Å². The van der Waals surface area contributed by atoms with Crippen LogP contribution in [0.3, 0.4) is 0 Å². The average molecular weight is 261 g/mol. The van der Waals surface area contributed by atoms with Crippen molar-refractivity contribution in [2.45, 2.75) is 25.9 Å². The van der Waals surface area contributed by atoms with Crippen LogP contribution in [0.1, 0.15) is 19.9 Å². The van der Waals surface area contributed by atoms with Gasteiger partial charge in [0.25, 0.3) is 0 Å². The van der Waals surface area contributed by atoms with Gasteiger partial charge < -0.3 is 4.90 Å². The fourth-order valence-electron chi connectivity index (χ4n) is 2.30. The van der Waals surface area contributed by atoms with Crippen molar-refractivity contribution in [3.05, 3.63) is 18.5 Å². The first kappa shape index (κ1) is 13.6. The smallest absolute Gasteiger partial charge is 0.247 e. The summed E-state index contributed by atoms with van der Waals surface area (Å²) in [6.45, 7) is 6.62. The van der Waals surface area contributed by atoms with E-state index in [9.17, 15) is 4.79 Å². The lowest BCUT2D eigenvalue weighted by Gasteiger charge is -2.36. The molecule has 0 radical (unpaired) electrons. The Labute approximate surface area is 113 Å². The van der Waals surface area contributed by atoms with Crippen molar-refractivity contribution in [1.82, 2.24) is 19.6 Å². The lowest BCUT2D eigenvalue weighted by Crippen LogP contribution is -2.52. The first-order chi connectivity index (χ1) is 9.13. The van der Waals surface area contributed by atoms with Crippen molar-refractivity contribution >= 4 is 5.91 Å². The molecule has 1 aromatic heterocycles. The molecule has 102 valence electrons. The third-order valence-electron chi connectivity index (χ3n) is 3.64. The Bertz CT molecular complexity index is 456. The van der Waals surface area contributed by atoms with E-state index in [0.717, 1.165) is 13.1 Å². The number of aromatic nitrogens is 2. The van der Waals surface area contributed by atoms with Gasteiger partial charge in [0, 0.05) is 38.6 Å². The van der Waals surface area contributed by atoms with Gasteiger partial charge in [0.05, 0.1) is 12.1 Å². The zero-order valence-electron chi connectivity index (χ0n) is 11.4. The molecule has 1 saturated heterocycles. The van der Waals surface area contributed by atoms with Crippen molar-refractivity contribution in [2.75, 3.05) is 26.2 Å². The number of hydrogen-bond acceptors (Lipinski definition) is 4. The Kier molecular flexibility index (Phi) is 4.17. The molecule has 1 amide bonds. The maximum Gasteiger partial charge on any atom is 0.247 e. The molecule has 1 aliphatic heterocycles. The van der Waals surface area contributed by atoms with Crippen LogP contribution >= 0.6 is 0 Å². The fraction of sp³-hybridized carbons (Fsp3) is 0.615. The van der Waals surface area contributed by atoms with Crippen LogP contribution in [-0.4, -0.2) is 57.7 Å². The predicted molar refractivity (Wildman–Crippen MR) is 70.2 cm³/mol. The van der Waals surface area contributed by atoms with Gasteiger partial charge in [0.15, 0.2) is 0 Å². The molecule has 1 aliphatic rings. The largest absolute Gasteiger partial charge is 0.338 e. The third kappa shape index (κ3) is 2.93. The highest BCUT2D eigenvalue weighted by molar-refractivity contribution is 5.80. The summed E-state index contributed by atoms with van der Waals surface area (Å²) in [6.07, 6.45) is 3.48. The summed E-state index contributed by atoms with van der Waals surface area (Å²) < 4.78 is 1.67. The van der Waals surface area contributed by atoms with Gasteiger partial charge in [0.2, 0.25) is 5.91 Å². The van der Waals surface area contributed by atoms with E-state index in [2.05, 4.69) is 16.1 Å². The van der Waals surface area contributed by atoms with Crippen LogP contribution in [-0.2, 0) is 4.79 Å². The van der Waals surface area contributed by atoms with Gasteiger partial charge in [0.1, 0.15) is 6.04 Å². The summed E-state index contributed by atoms with van der Waals surface area (Å²) in [7, 11) is 0. The number of nitrogens with zero attached hydrogens (tertiary/aromatic N) is 5. The maximum atomic E-state index is 12.3. The highest BCUT2D eigenvalue weighted by atomic mass is 16.2. The predicted octanol–water partition coefficient (Wildman–Crippen LogP) is 0.500. The van der Waals surface area contributed by atoms with Crippen LogP contribution in [0.15, 0.2) is 18.5 Å². The number of rotatable bonds is 3. The molecule has 0 aromatic carbocycles. The average Bonchev–Trinajstić information content (AvgIpc) is 2.99. The van der Waals surface area contributed by atoms with Crippen molar-refractivity contribution in [3.63, 3.8) is 0 Å². The molecule has 6 heteroatoms. The Morgan fingerprint density at radius 1 is 1.32 bits per heavy atom. The Balaban J connectivity index is 1.91. The van der Waals surface area contributed by atoms with E-state index in [4.69, 9.17) is 5.26 Å². The molecule has 2 heterocycles. The molecule has 2 atom stereocenters. The summed E-state index contributed by atoms with van der Waals surface area (Å²) in [6, 6.07) is 3.70. The Morgan fingerprint density at radius 2 is 2.00 bits per heavy atom. The number of nitriles is 1. The van der Waals surface area contributed by atoms with Crippen molar-refractivity contribution < 1.29 is 4.79 Å². The molecule has 0 spiro atoms. The van der Waals surface area contributed by atoms with E-state index < -0.39 is 0 Å². The number of carbonyl (C=O) groups is 1. The summed E-state index contributed by atoms with van der Waals surface area (Å²) >= 11 is 0. The van der Waals surface area contributed by atoms with E-state index in [1.807, 2.05) is 24.8 Å². The number of carbonyl (C=O) groups excluding carboxylic acids is 1. The Morgan fingerprint density at radius 3 is 2.53 bits per heavy atom. The topological polar surface area (TPSA) is 65.2 Å². The third-order valence-corrected chi connectivity index (χ3v) is 3.64. The maximum absolute atomic E-state index is 12.3. The van der Waals surface area contributed by atoms with Gasteiger partial charge >= 0.3 is 0 Å². The number of hydrogen-bond donors (Lipinski definition) is 0. The van der Waals surface area contributed by atoms with Crippen LogP contribution < -0.4 is 0 Å². The van der Waals surface area contributed by atoms with E-state index in [-0.39, 0.29) is 18.0 Å². The van der Waals surface area contributed by atoms with Gasteiger partial charge in [-0.2, -0.15) is 10.4 Å². The highest BCUT2D eigenvalue weighted by Gasteiger charge is 2.27. The Hall–Kier alpha value is -1.87. The van der Waals surface area contributed by atoms with Gasteiger partial charge in [-0.15, -0.1) is 0 Å². The van der Waals surface area contributed by atoms with Crippen molar-refractivity contribution in [1.29, 1.82) is 5.26 Å². The van der Waals surface area contributed by atoms with Crippen LogP contribution in [0.5, 0.6) is 0 Å². The molecular formula is C13H19N5O. The second kappa shape index (κ2) is 5.85. The lowest BCUT2D eigenvalue weighted by molar-refractivity contribution is -0.136. The molecule has 0 aliphatic carbocycles. The van der Waals surface area contributed by atoms with Crippen LogP contribution in [0, 0.1) is 11.3 Å². The van der Waals surface area contributed by atoms with Gasteiger partial charge in [-0.3, -0.25) is 14.4 Å². The molecule has 0 saturated carbocycles. The number of piperazine rings is 1. The van der Waals surface area contributed by atoms with E-state index >= 15 is 0 Å². The van der Waals surface area contributed by atoms with Gasteiger partial charge in [-0.05, 0) is 19.9 Å². The molecule has 0 bridgehead atoms. The summed E-state index contributed by atoms with van der Waals surface area (Å²) in [4.78, 5) is 16.3. The van der Waals surface area contributed by atoms with E-state index in [0.29, 0.717) is 13.1 Å². The summed E-state index contributed by atoms with van der Waals surface area (Å²) in [5.41, 5.74) is 0. The van der Waals surface area contributed by atoms with E-state index in [1.54, 1.807) is 17.1 Å². The van der Waals surface area contributed by atoms with Crippen molar-refractivity contribution in [2.24, 2.45) is 0 Å². The molecule has 1 aromatic rings. The lowest BCUT2D eigenvalue weighted by atomic mass is 10.2. The second-order valence-corrected chi connectivity index (χ2v) is 4.83.